The lowest BCUT2D eigenvalue weighted by atomic mass is 9.79. The van der Waals surface area contributed by atoms with Gasteiger partial charge in [0.1, 0.15) is 11.6 Å². The summed E-state index contributed by atoms with van der Waals surface area (Å²) in [7, 11) is 0. The van der Waals surface area contributed by atoms with Gasteiger partial charge < -0.3 is 15.7 Å². The van der Waals surface area contributed by atoms with E-state index in [1.165, 1.54) is 4.90 Å². The van der Waals surface area contributed by atoms with Crippen molar-refractivity contribution < 1.29 is 14.7 Å². The molecule has 0 spiro atoms. The SMILES string of the molecule is CC(C)(C)C(C(=O)N1CC(O)C(c2cccnc2)C1(C)C(N)=O)n1cc(C2CC2)nn1. The average Bonchev–Trinajstić information content (AvgIpc) is 3.37. The Morgan fingerprint density at radius 3 is 2.58 bits per heavy atom. The molecule has 4 unspecified atom stereocenters. The van der Waals surface area contributed by atoms with Gasteiger partial charge in [-0.1, -0.05) is 32.1 Å². The number of nitrogens with two attached hydrogens (primary N) is 1. The van der Waals surface area contributed by atoms with E-state index in [0.717, 1.165) is 18.5 Å². The molecule has 31 heavy (non-hydrogen) atoms. The van der Waals surface area contributed by atoms with Crippen LogP contribution in [-0.2, 0) is 9.59 Å². The molecule has 0 bridgehead atoms. The first-order chi connectivity index (χ1) is 14.5. The number of rotatable bonds is 5. The number of amides is 2. The largest absolute Gasteiger partial charge is 0.391 e. The van der Waals surface area contributed by atoms with Crippen LogP contribution in [-0.4, -0.2) is 60.0 Å². The van der Waals surface area contributed by atoms with E-state index in [2.05, 4.69) is 15.3 Å². The number of aliphatic hydroxyl groups is 1. The molecular weight excluding hydrogens is 396 g/mol. The normalized spacial score (nSPS) is 27.3. The van der Waals surface area contributed by atoms with Crippen molar-refractivity contribution in [2.75, 3.05) is 6.54 Å². The Hall–Kier alpha value is -2.81. The summed E-state index contributed by atoms with van der Waals surface area (Å²) >= 11 is 0. The van der Waals surface area contributed by atoms with Crippen LogP contribution in [0.5, 0.6) is 0 Å². The molecule has 1 aliphatic heterocycles. The zero-order valence-electron chi connectivity index (χ0n) is 18.4. The minimum absolute atomic E-state index is 0.00536. The fourth-order valence-corrected chi connectivity index (χ4v) is 4.75. The molecule has 9 nitrogen and oxygen atoms in total. The standard InChI is InChI=1S/C22H30N6O3/c1-21(2,3)18(28-11-15(25-26-28)13-7-8-13)19(30)27-12-16(29)17(22(27,4)20(23)31)14-6-5-9-24-10-14/h5-6,9-11,13,16-18,29H,7-8,12H2,1-4H3,(H2,23,31). The van der Waals surface area contributed by atoms with Gasteiger partial charge >= 0.3 is 0 Å². The molecule has 2 aromatic heterocycles. The molecule has 1 saturated heterocycles. The highest BCUT2D eigenvalue weighted by Gasteiger charge is 2.58. The molecule has 4 rings (SSSR count). The molecule has 4 atom stereocenters. The fraction of sp³-hybridized carbons (Fsp3) is 0.591. The maximum absolute atomic E-state index is 13.9. The Kier molecular flexibility index (Phi) is 5.12. The number of primary amides is 1. The minimum atomic E-state index is -1.41. The van der Waals surface area contributed by atoms with Crippen LogP contribution in [0.2, 0.25) is 0 Å². The van der Waals surface area contributed by atoms with E-state index >= 15 is 0 Å². The van der Waals surface area contributed by atoms with E-state index < -0.39 is 34.9 Å². The van der Waals surface area contributed by atoms with Gasteiger partial charge in [-0.2, -0.15) is 0 Å². The van der Waals surface area contributed by atoms with Crippen molar-refractivity contribution in [3.05, 3.63) is 42.0 Å². The summed E-state index contributed by atoms with van der Waals surface area (Å²) < 4.78 is 1.60. The lowest BCUT2D eigenvalue weighted by Gasteiger charge is -2.40. The van der Waals surface area contributed by atoms with Crippen LogP contribution in [0.25, 0.3) is 0 Å². The number of carbonyl (C=O) groups is 2. The van der Waals surface area contributed by atoms with Crippen LogP contribution < -0.4 is 5.73 Å². The van der Waals surface area contributed by atoms with Crippen molar-refractivity contribution in [3.8, 4) is 0 Å². The number of aliphatic hydroxyl groups excluding tert-OH is 1. The summed E-state index contributed by atoms with van der Waals surface area (Å²) in [6, 6.07) is 2.82. The first kappa shape index (κ1) is 21.4. The van der Waals surface area contributed by atoms with Gasteiger partial charge in [-0.05, 0) is 36.8 Å². The summed E-state index contributed by atoms with van der Waals surface area (Å²) in [5.74, 6) is -1.26. The molecule has 1 aliphatic carbocycles. The quantitative estimate of drug-likeness (QED) is 0.743. The molecule has 2 amide bonds. The van der Waals surface area contributed by atoms with Crippen molar-refractivity contribution in [1.29, 1.82) is 0 Å². The molecule has 1 saturated carbocycles. The number of pyridine rings is 1. The molecule has 3 N–H and O–H groups in total. The monoisotopic (exact) mass is 426 g/mol. The van der Waals surface area contributed by atoms with E-state index in [4.69, 9.17) is 5.73 Å². The Labute approximate surface area is 181 Å². The van der Waals surface area contributed by atoms with Crippen LogP contribution in [0.1, 0.15) is 69.7 Å². The van der Waals surface area contributed by atoms with Crippen LogP contribution >= 0.6 is 0 Å². The fourth-order valence-electron chi connectivity index (χ4n) is 4.75. The third-order valence-electron chi connectivity index (χ3n) is 6.57. The van der Waals surface area contributed by atoms with Gasteiger partial charge in [0.05, 0.1) is 11.8 Å². The summed E-state index contributed by atoms with van der Waals surface area (Å²) in [5.41, 5.74) is 5.47. The van der Waals surface area contributed by atoms with Crippen molar-refractivity contribution in [1.82, 2.24) is 24.9 Å². The number of β-amino-alcohol motifs (C(OH)–C–C–N with tert-alkyl or cyclic N) is 1. The Balaban J connectivity index is 1.74. The Morgan fingerprint density at radius 2 is 2.03 bits per heavy atom. The first-order valence-corrected chi connectivity index (χ1v) is 10.7. The van der Waals surface area contributed by atoms with Crippen LogP contribution in [0.15, 0.2) is 30.7 Å². The van der Waals surface area contributed by atoms with Crippen LogP contribution in [0, 0.1) is 5.41 Å². The highest BCUT2D eigenvalue weighted by atomic mass is 16.3. The van der Waals surface area contributed by atoms with Crippen molar-refractivity contribution in [3.63, 3.8) is 0 Å². The van der Waals surface area contributed by atoms with Gasteiger partial charge in [-0.15, -0.1) is 5.10 Å². The van der Waals surface area contributed by atoms with Gasteiger partial charge in [0.2, 0.25) is 11.8 Å². The van der Waals surface area contributed by atoms with E-state index in [1.807, 2.05) is 27.0 Å². The van der Waals surface area contributed by atoms with E-state index in [0.29, 0.717) is 11.5 Å². The third kappa shape index (κ3) is 3.60. The Morgan fingerprint density at radius 1 is 1.32 bits per heavy atom. The number of hydrogen-bond acceptors (Lipinski definition) is 6. The summed E-state index contributed by atoms with van der Waals surface area (Å²) in [6.07, 6.45) is 6.26. The molecule has 2 aliphatic rings. The number of carbonyl (C=O) groups excluding carboxylic acids is 2. The summed E-state index contributed by atoms with van der Waals surface area (Å²) in [5, 5.41) is 19.4. The maximum Gasteiger partial charge on any atom is 0.249 e. The molecule has 0 aromatic carbocycles. The lowest BCUT2D eigenvalue weighted by Crippen LogP contribution is -2.58. The third-order valence-corrected chi connectivity index (χ3v) is 6.57. The maximum atomic E-state index is 13.9. The number of likely N-dealkylation sites (tertiary alicyclic amines) is 1. The zero-order chi connectivity index (χ0) is 22.6. The molecule has 166 valence electrons. The van der Waals surface area contributed by atoms with Crippen LogP contribution in [0.4, 0.5) is 0 Å². The average molecular weight is 427 g/mol. The molecule has 9 heteroatoms. The van der Waals surface area contributed by atoms with Gasteiger partial charge in [-0.25, -0.2) is 4.68 Å². The van der Waals surface area contributed by atoms with E-state index in [-0.39, 0.29) is 12.5 Å². The van der Waals surface area contributed by atoms with Gasteiger partial charge in [-0.3, -0.25) is 14.6 Å². The van der Waals surface area contributed by atoms with Gasteiger partial charge in [0.15, 0.2) is 0 Å². The van der Waals surface area contributed by atoms with E-state index in [9.17, 15) is 14.7 Å². The van der Waals surface area contributed by atoms with Gasteiger partial charge in [0, 0.05) is 37.0 Å². The second-order valence-corrected chi connectivity index (χ2v) is 9.96. The molecule has 2 aromatic rings. The van der Waals surface area contributed by atoms with Crippen molar-refractivity contribution in [2.24, 2.45) is 11.1 Å². The van der Waals surface area contributed by atoms with Crippen LogP contribution in [0.3, 0.4) is 0 Å². The van der Waals surface area contributed by atoms with Crippen molar-refractivity contribution >= 4 is 11.8 Å². The molecular formula is C22H30N6O3. The zero-order valence-corrected chi connectivity index (χ0v) is 18.4. The summed E-state index contributed by atoms with van der Waals surface area (Å²) in [4.78, 5) is 32.2. The molecule has 3 heterocycles. The second kappa shape index (κ2) is 7.40. The van der Waals surface area contributed by atoms with Crippen molar-refractivity contribution in [2.45, 2.75) is 70.1 Å². The molecule has 2 fully saturated rings. The Bertz CT molecular complexity index is 981. The molecule has 0 radical (unpaired) electrons. The highest BCUT2D eigenvalue weighted by molar-refractivity contribution is 5.93. The number of hydrogen-bond donors (Lipinski definition) is 2. The smallest absolute Gasteiger partial charge is 0.249 e. The second-order valence-electron chi connectivity index (χ2n) is 9.96. The lowest BCUT2D eigenvalue weighted by molar-refractivity contribution is -0.148. The number of nitrogens with zero attached hydrogens (tertiary/aromatic N) is 5. The predicted molar refractivity (Wildman–Crippen MR) is 113 cm³/mol. The van der Waals surface area contributed by atoms with Gasteiger partial charge in [0.25, 0.3) is 0 Å². The highest BCUT2D eigenvalue weighted by Crippen LogP contribution is 2.45. The minimum Gasteiger partial charge on any atom is -0.391 e. The topological polar surface area (TPSA) is 127 Å². The number of aromatic nitrogens is 4. The predicted octanol–water partition coefficient (Wildman–Crippen LogP) is 1.37. The van der Waals surface area contributed by atoms with E-state index in [1.54, 1.807) is 36.1 Å². The first-order valence-electron chi connectivity index (χ1n) is 10.7. The summed E-state index contributed by atoms with van der Waals surface area (Å²) in [6.45, 7) is 7.45.